The van der Waals surface area contributed by atoms with E-state index in [1.54, 1.807) is 6.08 Å². The summed E-state index contributed by atoms with van der Waals surface area (Å²) in [5.41, 5.74) is 0.314. The molecule has 0 atom stereocenters. The number of allylic oxidation sites excluding steroid dienone is 1. The van der Waals surface area contributed by atoms with Crippen LogP contribution in [-0.2, 0) is 9.31 Å². The van der Waals surface area contributed by atoms with Crippen molar-refractivity contribution in [3.8, 4) is 5.75 Å². The van der Waals surface area contributed by atoms with Gasteiger partial charge in [0.2, 0.25) is 0 Å². The Morgan fingerprint density at radius 1 is 1.10 bits per heavy atom. The number of benzene rings is 1. The van der Waals surface area contributed by atoms with Gasteiger partial charge in [0.25, 0.3) is 0 Å². The Bertz CT molecular complexity index is 501. The predicted octanol–water partition coefficient (Wildman–Crippen LogP) is 3.06. The lowest BCUT2D eigenvalue weighted by Gasteiger charge is -2.32. The maximum Gasteiger partial charge on any atom is 0.494 e. The summed E-state index contributed by atoms with van der Waals surface area (Å²) >= 11 is 0. The summed E-state index contributed by atoms with van der Waals surface area (Å²) < 4.78 is 17.5. The van der Waals surface area contributed by atoms with E-state index < -0.39 is 0 Å². The summed E-state index contributed by atoms with van der Waals surface area (Å²) in [6.45, 7) is 15.5. The highest BCUT2D eigenvalue weighted by atomic mass is 16.7. The molecular formula is C16H21BO3. The Labute approximate surface area is 121 Å². The first kappa shape index (κ1) is 14.9. The van der Waals surface area contributed by atoms with Crippen LogP contribution >= 0.6 is 0 Å². The minimum absolute atomic E-state index is 0.329. The first-order valence-electron chi connectivity index (χ1n) is 6.70. The zero-order valence-electron chi connectivity index (χ0n) is 12.6. The molecule has 1 saturated heterocycles. The number of hydrogen-bond donors (Lipinski definition) is 0. The van der Waals surface area contributed by atoms with Crippen molar-refractivity contribution < 1.29 is 14.0 Å². The molecule has 0 unspecified atom stereocenters. The minimum Gasteiger partial charge on any atom is -0.458 e. The highest BCUT2D eigenvalue weighted by molar-refractivity contribution is 6.62. The van der Waals surface area contributed by atoms with Gasteiger partial charge in [-0.25, -0.2) is 0 Å². The van der Waals surface area contributed by atoms with Gasteiger partial charge in [-0.2, -0.15) is 0 Å². The van der Waals surface area contributed by atoms with E-state index in [1.165, 1.54) is 0 Å². The number of hydrogen-bond acceptors (Lipinski definition) is 3. The van der Waals surface area contributed by atoms with Crippen molar-refractivity contribution in [2.75, 3.05) is 0 Å². The standard InChI is InChI=1S/C16H21BO3/c1-7-12(2)18-14-10-8-13(9-11-14)17-19-15(3,4)16(5,6)20-17/h7-11H,1-2H2,3-6H3. The molecule has 0 N–H and O–H groups in total. The Hall–Kier alpha value is -1.52. The summed E-state index contributed by atoms with van der Waals surface area (Å²) in [7, 11) is -0.350. The highest BCUT2D eigenvalue weighted by Gasteiger charge is 2.51. The molecule has 106 valence electrons. The zero-order chi connectivity index (χ0) is 15.0. The van der Waals surface area contributed by atoms with Crippen LogP contribution in [0, 0.1) is 0 Å². The van der Waals surface area contributed by atoms with Crippen molar-refractivity contribution in [1.29, 1.82) is 0 Å². The van der Waals surface area contributed by atoms with Crippen LogP contribution in [0.15, 0.2) is 49.3 Å². The zero-order valence-corrected chi connectivity index (χ0v) is 12.6. The largest absolute Gasteiger partial charge is 0.494 e. The molecule has 0 amide bonds. The quantitative estimate of drug-likeness (QED) is 0.479. The Morgan fingerprint density at radius 3 is 2.05 bits per heavy atom. The molecule has 0 saturated carbocycles. The molecule has 3 nitrogen and oxygen atoms in total. The van der Waals surface area contributed by atoms with Crippen LogP contribution in [-0.4, -0.2) is 18.3 Å². The summed E-state index contributed by atoms with van der Waals surface area (Å²) in [4.78, 5) is 0. The first-order chi connectivity index (χ1) is 9.25. The molecule has 20 heavy (non-hydrogen) atoms. The average molecular weight is 272 g/mol. The second-order valence-electron chi connectivity index (χ2n) is 5.93. The first-order valence-corrected chi connectivity index (χ1v) is 6.70. The summed E-state index contributed by atoms with van der Waals surface area (Å²) in [5.74, 6) is 1.24. The maximum absolute atomic E-state index is 6.00. The van der Waals surface area contributed by atoms with Crippen LogP contribution < -0.4 is 10.2 Å². The Morgan fingerprint density at radius 2 is 1.60 bits per heavy atom. The molecule has 0 aliphatic carbocycles. The van der Waals surface area contributed by atoms with Crippen LogP contribution in [0.3, 0.4) is 0 Å². The van der Waals surface area contributed by atoms with Crippen molar-refractivity contribution in [3.63, 3.8) is 0 Å². The lowest BCUT2D eigenvalue weighted by molar-refractivity contribution is 0.00578. The monoisotopic (exact) mass is 272 g/mol. The van der Waals surface area contributed by atoms with Gasteiger partial charge in [-0.05, 0) is 51.4 Å². The van der Waals surface area contributed by atoms with E-state index in [9.17, 15) is 0 Å². The fourth-order valence-electron chi connectivity index (χ4n) is 1.87. The van der Waals surface area contributed by atoms with Crippen molar-refractivity contribution in [1.82, 2.24) is 0 Å². The Kier molecular flexibility index (Phi) is 3.81. The lowest BCUT2D eigenvalue weighted by Crippen LogP contribution is -2.41. The van der Waals surface area contributed by atoms with Crippen LogP contribution in [0.5, 0.6) is 5.75 Å². The lowest BCUT2D eigenvalue weighted by atomic mass is 9.79. The predicted molar refractivity (Wildman–Crippen MR) is 82.1 cm³/mol. The summed E-state index contributed by atoms with van der Waals surface area (Å²) in [5, 5.41) is 0. The van der Waals surface area contributed by atoms with E-state index in [0.29, 0.717) is 5.76 Å². The van der Waals surface area contributed by atoms with E-state index in [2.05, 4.69) is 13.2 Å². The Balaban J connectivity index is 2.12. The van der Waals surface area contributed by atoms with E-state index in [1.807, 2.05) is 52.0 Å². The van der Waals surface area contributed by atoms with Gasteiger partial charge in [-0.15, -0.1) is 0 Å². The highest BCUT2D eigenvalue weighted by Crippen LogP contribution is 2.36. The van der Waals surface area contributed by atoms with Gasteiger partial charge in [-0.1, -0.05) is 25.3 Å². The molecule has 1 fully saturated rings. The van der Waals surface area contributed by atoms with Gasteiger partial charge >= 0.3 is 7.12 Å². The van der Waals surface area contributed by atoms with E-state index in [4.69, 9.17) is 14.0 Å². The van der Waals surface area contributed by atoms with Gasteiger partial charge < -0.3 is 14.0 Å². The molecule has 1 aliphatic rings. The van der Waals surface area contributed by atoms with E-state index >= 15 is 0 Å². The molecule has 0 aromatic heterocycles. The van der Waals surface area contributed by atoms with Crippen LogP contribution in [0.1, 0.15) is 27.7 Å². The third-order valence-corrected chi connectivity index (χ3v) is 3.88. The molecule has 0 radical (unpaired) electrons. The van der Waals surface area contributed by atoms with Crippen LogP contribution in [0.2, 0.25) is 0 Å². The van der Waals surface area contributed by atoms with E-state index in [-0.39, 0.29) is 18.3 Å². The molecule has 1 aliphatic heterocycles. The third kappa shape index (κ3) is 2.81. The van der Waals surface area contributed by atoms with Gasteiger partial charge in [0.05, 0.1) is 11.2 Å². The molecule has 0 bridgehead atoms. The molecule has 1 aromatic rings. The van der Waals surface area contributed by atoms with Crippen molar-refractivity contribution in [2.45, 2.75) is 38.9 Å². The van der Waals surface area contributed by atoms with Gasteiger partial charge in [0.1, 0.15) is 11.5 Å². The number of rotatable bonds is 4. The smallest absolute Gasteiger partial charge is 0.458 e. The van der Waals surface area contributed by atoms with Crippen LogP contribution in [0.25, 0.3) is 0 Å². The SMILES string of the molecule is C=CC(=C)Oc1ccc(B2OC(C)(C)C(C)(C)O2)cc1. The van der Waals surface area contributed by atoms with Gasteiger partial charge in [0, 0.05) is 0 Å². The molecule has 1 heterocycles. The van der Waals surface area contributed by atoms with Crippen molar-refractivity contribution in [2.24, 2.45) is 0 Å². The average Bonchev–Trinajstić information content (AvgIpc) is 2.59. The second-order valence-corrected chi connectivity index (χ2v) is 5.93. The van der Waals surface area contributed by atoms with Crippen molar-refractivity contribution >= 4 is 12.6 Å². The number of ether oxygens (including phenoxy) is 1. The molecular weight excluding hydrogens is 251 g/mol. The summed E-state index contributed by atoms with van der Waals surface area (Å²) in [6, 6.07) is 7.62. The maximum atomic E-state index is 6.00. The summed E-state index contributed by atoms with van der Waals surface area (Å²) in [6.07, 6.45) is 1.57. The normalized spacial score (nSPS) is 19.7. The minimum atomic E-state index is -0.350. The van der Waals surface area contributed by atoms with E-state index in [0.717, 1.165) is 11.2 Å². The van der Waals surface area contributed by atoms with Gasteiger partial charge in [0.15, 0.2) is 0 Å². The third-order valence-electron chi connectivity index (χ3n) is 3.88. The molecule has 2 rings (SSSR count). The van der Waals surface area contributed by atoms with Crippen LogP contribution in [0.4, 0.5) is 0 Å². The fraction of sp³-hybridized carbons (Fsp3) is 0.375. The topological polar surface area (TPSA) is 27.7 Å². The second kappa shape index (κ2) is 5.11. The fourth-order valence-corrected chi connectivity index (χ4v) is 1.87. The molecule has 1 aromatic carbocycles. The molecule has 0 spiro atoms. The van der Waals surface area contributed by atoms with Crippen molar-refractivity contribution in [3.05, 3.63) is 49.3 Å². The van der Waals surface area contributed by atoms with Gasteiger partial charge in [-0.3, -0.25) is 0 Å². The molecule has 4 heteroatoms.